The SMILES string of the molecule is C=C(CC)C(=O)c1ccc(OCC(=O)NCCNC(C)=O)c(Cl)c1Cl. The van der Waals surface area contributed by atoms with Crippen LogP contribution in [0.2, 0.25) is 10.0 Å². The summed E-state index contributed by atoms with van der Waals surface area (Å²) >= 11 is 12.2. The Labute approximate surface area is 156 Å². The van der Waals surface area contributed by atoms with Crippen molar-refractivity contribution in [2.24, 2.45) is 0 Å². The molecule has 0 aromatic heterocycles. The maximum absolute atomic E-state index is 12.1. The first-order valence-corrected chi connectivity index (χ1v) is 8.37. The second-order valence-corrected chi connectivity index (χ2v) is 5.90. The third-order valence-electron chi connectivity index (χ3n) is 3.22. The third-order valence-corrected chi connectivity index (χ3v) is 4.08. The summed E-state index contributed by atoms with van der Waals surface area (Å²) in [5.74, 6) is -0.636. The van der Waals surface area contributed by atoms with Gasteiger partial charge in [-0.2, -0.15) is 0 Å². The van der Waals surface area contributed by atoms with Crippen molar-refractivity contribution in [3.05, 3.63) is 39.9 Å². The number of ether oxygens (including phenoxy) is 1. The minimum absolute atomic E-state index is 0.0578. The van der Waals surface area contributed by atoms with Gasteiger partial charge in [0.2, 0.25) is 5.91 Å². The maximum Gasteiger partial charge on any atom is 0.258 e. The normalized spacial score (nSPS) is 10.1. The molecule has 0 aliphatic rings. The fourth-order valence-electron chi connectivity index (χ4n) is 1.80. The second kappa shape index (κ2) is 10.1. The Morgan fingerprint density at radius 3 is 2.36 bits per heavy atom. The molecule has 0 spiro atoms. The smallest absolute Gasteiger partial charge is 0.258 e. The number of hydrogen-bond acceptors (Lipinski definition) is 4. The average Bonchev–Trinajstić information content (AvgIpc) is 2.58. The molecule has 0 radical (unpaired) electrons. The van der Waals surface area contributed by atoms with E-state index in [4.69, 9.17) is 27.9 Å². The van der Waals surface area contributed by atoms with Crippen molar-refractivity contribution in [1.29, 1.82) is 0 Å². The Balaban J connectivity index is 2.64. The fraction of sp³-hybridized carbons (Fsp3) is 0.353. The summed E-state index contributed by atoms with van der Waals surface area (Å²) in [7, 11) is 0. The molecular weight excluding hydrogens is 367 g/mol. The van der Waals surface area contributed by atoms with Crippen molar-refractivity contribution < 1.29 is 19.1 Å². The largest absolute Gasteiger partial charge is 0.482 e. The Kier molecular flexibility index (Phi) is 8.45. The molecule has 0 unspecified atom stereocenters. The minimum atomic E-state index is -0.378. The van der Waals surface area contributed by atoms with Gasteiger partial charge in [-0.25, -0.2) is 0 Å². The zero-order chi connectivity index (χ0) is 19.0. The van der Waals surface area contributed by atoms with Crippen LogP contribution in [-0.4, -0.2) is 37.3 Å². The van der Waals surface area contributed by atoms with Gasteiger partial charge in [-0.05, 0) is 24.1 Å². The molecule has 0 bridgehead atoms. The van der Waals surface area contributed by atoms with E-state index in [0.29, 0.717) is 18.5 Å². The van der Waals surface area contributed by atoms with Gasteiger partial charge in [0.15, 0.2) is 12.4 Å². The second-order valence-electron chi connectivity index (χ2n) is 5.15. The molecule has 0 aliphatic heterocycles. The summed E-state index contributed by atoms with van der Waals surface area (Å²) in [6.45, 7) is 7.23. The van der Waals surface area contributed by atoms with Crippen LogP contribution in [-0.2, 0) is 9.59 Å². The van der Waals surface area contributed by atoms with E-state index in [9.17, 15) is 14.4 Å². The molecule has 8 heteroatoms. The number of nitrogens with one attached hydrogen (secondary N) is 2. The highest BCUT2D eigenvalue weighted by atomic mass is 35.5. The summed E-state index contributed by atoms with van der Waals surface area (Å²) in [5.41, 5.74) is 0.663. The Bertz CT molecular complexity index is 689. The number of rotatable bonds is 9. The monoisotopic (exact) mass is 386 g/mol. The van der Waals surface area contributed by atoms with Crippen molar-refractivity contribution in [1.82, 2.24) is 10.6 Å². The number of Topliss-reactive ketones (excluding diaryl/α,β-unsaturated/α-hetero) is 1. The molecule has 0 saturated heterocycles. The lowest BCUT2D eigenvalue weighted by Gasteiger charge is -2.12. The highest BCUT2D eigenvalue weighted by Crippen LogP contribution is 2.35. The van der Waals surface area contributed by atoms with Crippen LogP contribution in [0.3, 0.4) is 0 Å². The van der Waals surface area contributed by atoms with E-state index in [1.54, 1.807) is 0 Å². The molecule has 0 aliphatic carbocycles. The van der Waals surface area contributed by atoms with Crippen molar-refractivity contribution in [3.8, 4) is 5.75 Å². The summed E-state index contributed by atoms with van der Waals surface area (Å²) in [6.07, 6.45) is 0.504. The van der Waals surface area contributed by atoms with Crippen LogP contribution in [0.1, 0.15) is 30.6 Å². The summed E-state index contributed by atoms with van der Waals surface area (Å²) in [4.78, 5) is 34.5. The number of amides is 2. The van der Waals surface area contributed by atoms with E-state index in [0.717, 1.165) is 0 Å². The molecule has 2 N–H and O–H groups in total. The number of carbonyl (C=O) groups excluding carboxylic acids is 3. The van der Waals surface area contributed by atoms with Gasteiger partial charge in [-0.1, -0.05) is 36.7 Å². The van der Waals surface area contributed by atoms with Crippen molar-refractivity contribution in [3.63, 3.8) is 0 Å². The average molecular weight is 387 g/mol. The van der Waals surface area contributed by atoms with E-state index in [2.05, 4.69) is 17.2 Å². The predicted molar refractivity (Wildman–Crippen MR) is 97.4 cm³/mol. The fourth-order valence-corrected chi connectivity index (χ4v) is 2.27. The van der Waals surface area contributed by atoms with E-state index >= 15 is 0 Å². The molecule has 25 heavy (non-hydrogen) atoms. The van der Waals surface area contributed by atoms with Gasteiger partial charge in [0.05, 0.1) is 5.02 Å². The third kappa shape index (κ3) is 6.40. The van der Waals surface area contributed by atoms with Gasteiger partial charge in [-0.3, -0.25) is 14.4 Å². The standard InChI is InChI=1S/C17H20Cl2N2O4/c1-4-10(2)17(24)12-5-6-13(16(19)15(12)18)25-9-14(23)21-8-7-20-11(3)22/h5-6H,2,4,7-9H2,1,3H3,(H,20,22)(H,21,23). The zero-order valence-corrected chi connectivity index (χ0v) is 15.6. The van der Waals surface area contributed by atoms with E-state index in [1.165, 1.54) is 19.1 Å². The highest BCUT2D eigenvalue weighted by Gasteiger charge is 2.18. The first-order valence-electron chi connectivity index (χ1n) is 7.62. The van der Waals surface area contributed by atoms with Crippen molar-refractivity contribution in [2.45, 2.75) is 20.3 Å². The van der Waals surface area contributed by atoms with E-state index < -0.39 is 0 Å². The summed E-state index contributed by atoms with van der Waals surface area (Å²) in [6, 6.07) is 2.97. The lowest BCUT2D eigenvalue weighted by atomic mass is 10.0. The molecule has 1 aromatic rings. The van der Waals surface area contributed by atoms with Crippen LogP contribution in [0.5, 0.6) is 5.75 Å². The van der Waals surface area contributed by atoms with Crippen LogP contribution in [0.25, 0.3) is 0 Å². The number of benzene rings is 1. The van der Waals surface area contributed by atoms with Crippen LogP contribution in [0, 0.1) is 0 Å². The lowest BCUT2D eigenvalue weighted by molar-refractivity contribution is -0.123. The summed E-state index contributed by atoms with van der Waals surface area (Å²) < 4.78 is 5.33. The minimum Gasteiger partial charge on any atom is -0.482 e. The molecule has 0 saturated carbocycles. The van der Waals surface area contributed by atoms with Gasteiger partial charge >= 0.3 is 0 Å². The van der Waals surface area contributed by atoms with Crippen LogP contribution in [0.15, 0.2) is 24.3 Å². The van der Waals surface area contributed by atoms with Crippen molar-refractivity contribution in [2.75, 3.05) is 19.7 Å². The topological polar surface area (TPSA) is 84.5 Å². The first kappa shape index (κ1) is 21.0. The van der Waals surface area contributed by atoms with Crippen molar-refractivity contribution >= 4 is 40.8 Å². The van der Waals surface area contributed by atoms with Crippen LogP contribution < -0.4 is 15.4 Å². The summed E-state index contributed by atoms with van der Waals surface area (Å²) in [5, 5.41) is 5.24. The molecule has 0 atom stereocenters. The molecule has 2 amide bonds. The number of halogens is 2. The molecular formula is C17H20Cl2N2O4. The van der Waals surface area contributed by atoms with Gasteiger partial charge in [0, 0.05) is 25.6 Å². The maximum atomic E-state index is 12.1. The van der Waals surface area contributed by atoms with Gasteiger partial charge in [-0.15, -0.1) is 0 Å². The highest BCUT2D eigenvalue weighted by molar-refractivity contribution is 6.45. The molecule has 0 fully saturated rings. The Morgan fingerprint density at radius 2 is 1.76 bits per heavy atom. The van der Waals surface area contributed by atoms with E-state index in [-0.39, 0.29) is 52.1 Å². The lowest BCUT2D eigenvalue weighted by Crippen LogP contribution is -2.36. The molecule has 0 heterocycles. The number of allylic oxidation sites excluding steroid dienone is 1. The van der Waals surface area contributed by atoms with Gasteiger partial charge < -0.3 is 15.4 Å². The van der Waals surface area contributed by atoms with Gasteiger partial charge in [0.25, 0.3) is 5.91 Å². The van der Waals surface area contributed by atoms with Crippen LogP contribution >= 0.6 is 23.2 Å². The predicted octanol–water partition coefficient (Wildman–Crippen LogP) is 2.77. The quantitative estimate of drug-likeness (QED) is 0.388. The Hall–Kier alpha value is -2.05. The molecule has 1 rings (SSSR count). The Morgan fingerprint density at radius 1 is 1.12 bits per heavy atom. The number of hydrogen-bond donors (Lipinski definition) is 2. The zero-order valence-electron chi connectivity index (χ0n) is 14.1. The van der Waals surface area contributed by atoms with Gasteiger partial charge in [0.1, 0.15) is 10.8 Å². The first-order chi connectivity index (χ1) is 11.8. The van der Waals surface area contributed by atoms with E-state index in [1.807, 2.05) is 6.92 Å². The molecule has 1 aromatic carbocycles. The molecule has 136 valence electrons. The van der Waals surface area contributed by atoms with Crippen LogP contribution in [0.4, 0.5) is 0 Å². The number of carbonyl (C=O) groups is 3. The molecule has 6 nitrogen and oxygen atoms in total. The number of ketones is 1.